The maximum atomic E-state index is 12.2. The highest BCUT2D eigenvalue weighted by atomic mass is 32.2. The van der Waals surface area contributed by atoms with Gasteiger partial charge < -0.3 is 9.88 Å². The highest BCUT2D eigenvalue weighted by Crippen LogP contribution is 2.15. The summed E-state index contributed by atoms with van der Waals surface area (Å²) < 4.78 is 29.0. The van der Waals surface area contributed by atoms with Gasteiger partial charge in [-0.25, -0.2) is 13.1 Å². The third-order valence-corrected chi connectivity index (χ3v) is 4.42. The molecule has 0 radical (unpaired) electrons. The monoisotopic (exact) mass is 301 g/mol. The first-order chi connectivity index (χ1) is 9.40. The van der Waals surface area contributed by atoms with E-state index in [1.807, 2.05) is 25.3 Å². The average molecular weight is 301 g/mol. The van der Waals surface area contributed by atoms with Crippen LogP contribution in [0.15, 0.2) is 17.2 Å². The predicted molar refractivity (Wildman–Crippen MR) is 82.1 cm³/mol. The Morgan fingerprint density at radius 1 is 1.30 bits per heavy atom. The Morgan fingerprint density at radius 3 is 2.55 bits per heavy atom. The van der Waals surface area contributed by atoms with Crippen LogP contribution in [0.4, 0.5) is 0 Å². The molecule has 0 bridgehead atoms. The minimum Gasteiger partial charge on any atom is -0.349 e. The molecule has 1 heterocycles. The summed E-state index contributed by atoms with van der Waals surface area (Å²) in [6.07, 6.45) is 2.78. The van der Waals surface area contributed by atoms with E-state index in [0.29, 0.717) is 23.9 Å². The maximum absolute atomic E-state index is 12.2. The van der Waals surface area contributed by atoms with Crippen molar-refractivity contribution in [3.05, 3.63) is 18.0 Å². The van der Waals surface area contributed by atoms with Gasteiger partial charge in [-0.1, -0.05) is 20.8 Å². The first-order valence-electron chi connectivity index (χ1n) is 7.30. The summed E-state index contributed by atoms with van der Waals surface area (Å²) in [6, 6.07) is 1.76. The van der Waals surface area contributed by atoms with Crippen LogP contribution in [0, 0.1) is 5.92 Å². The zero-order chi connectivity index (χ0) is 15.2. The molecule has 0 aliphatic carbocycles. The SMILES string of the molecule is CCCNCc1cc(S(=O)(=O)NCC(C)C)cn1CC. The molecule has 2 N–H and O–H groups in total. The number of hydrogen-bond acceptors (Lipinski definition) is 3. The van der Waals surface area contributed by atoms with Gasteiger partial charge in [0.05, 0.1) is 4.90 Å². The van der Waals surface area contributed by atoms with Gasteiger partial charge in [0.2, 0.25) is 10.0 Å². The average Bonchev–Trinajstić information content (AvgIpc) is 2.81. The molecule has 5 nitrogen and oxygen atoms in total. The van der Waals surface area contributed by atoms with Crippen LogP contribution >= 0.6 is 0 Å². The van der Waals surface area contributed by atoms with Gasteiger partial charge in [-0.2, -0.15) is 0 Å². The van der Waals surface area contributed by atoms with Crippen molar-refractivity contribution in [2.75, 3.05) is 13.1 Å². The molecule has 0 spiro atoms. The zero-order valence-corrected chi connectivity index (χ0v) is 13.8. The molecule has 1 aromatic rings. The topological polar surface area (TPSA) is 63.1 Å². The Balaban J connectivity index is 2.85. The first kappa shape index (κ1) is 17.2. The Hall–Kier alpha value is -0.850. The van der Waals surface area contributed by atoms with Crippen LogP contribution in [0.2, 0.25) is 0 Å². The molecule has 0 saturated heterocycles. The third kappa shape index (κ3) is 4.92. The van der Waals surface area contributed by atoms with Crippen molar-refractivity contribution < 1.29 is 8.42 Å². The number of hydrogen-bond donors (Lipinski definition) is 2. The molecule has 0 aliphatic heterocycles. The van der Waals surface area contributed by atoms with Crippen LogP contribution in [-0.4, -0.2) is 26.1 Å². The quantitative estimate of drug-likeness (QED) is 0.685. The van der Waals surface area contributed by atoms with Crippen molar-refractivity contribution >= 4 is 10.0 Å². The van der Waals surface area contributed by atoms with Crippen molar-refractivity contribution in [2.24, 2.45) is 5.92 Å². The van der Waals surface area contributed by atoms with Crippen LogP contribution < -0.4 is 10.0 Å². The molecule has 1 aromatic heterocycles. The lowest BCUT2D eigenvalue weighted by molar-refractivity contribution is 0.560. The summed E-state index contributed by atoms with van der Waals surface area (Å²) >= 11 is 0. The fourth-order valence-corrected chi connectivity index (χ4v) is 3.14. The summed E-state index contributed by atoms with van der Waals surface area (Å²) in [7, 11) is -3.40. The largest absolute Gasteiger partial charge is 0.349 e. The van der Waals surface area contributed by atoms with Crippen molar-refractivity contribution in [3.63, 3.8) is 0 Å². The third-order valence-electron chi connectivity index (χ3n) is 3.03. The standard InChI is InChI=1S/C14H27N3O2S/c1-5-7-15-10-13-8-14(11-17(13)6-2)20(18,19)16-9-12(3)4/h8,11-12,15-16H,5-7,9-10H2,1-4H3. The number of aromatic nitrogens is 1. The normalized spacial score (nSPS) is 12.2. The smallest absolute Gasteiger partial charge is 0.242 e. The first-order valence-corrected chi connectivity index (χ1v) is 8.78. The fourth-order valence-electron chi connectivity index (χ4n) is 1.87. The molecule has 0 atom stereocenters. The molecule has 0 aliphatic rings. The summed E-state index contributed by atoms with van der Waals surface area (Å²) in [5, 5.41) is 3.31. The number of rotatable bonds is 9. The van der Waals surface area contributed by atoms with Gasteiger partial charge >= 0.3 is 0 Å². The molecule has 0 fully saturated rings. The minimum atomic E-state index is -3.40. The van der Waals surface area contributed by atoms with Crippen molar-refractivity contribution in [2.45, 2.75) is 52.1 Å². The van der Waals surface area contributed by atoms with Gasteiger partial charge in [-0.05, 0) is 31.9 Å². The molecular formula is C14H27N3O2S. The van der Waals surface area contributed by atoms with Crippen LogP contribution in [0.25, 0.3) is 0 Å². The molecule has 116 valence electrons. The number of sulfonamides is 1. The van der Waals surface area contributed by atoms with Gasteiger partial charge in [-0.15, -0.1) is 0 Å². The van der Waals surface area contributed by atoms with Gasteiger partial charge in [0, 0.05) is 31.5 Å². The summed E-state index contributed by atoms with van der Waals surface area (Å²) in [5.74, 6) is 0.295. The number of aryl methyl sites for hydroxylation is 1. The molecule has 0 amide bonds. The number of nitrogens with zero attached hydrogens (tertiary/aromatic N) is 1. The second-order valence-electron chi connectivity index (χ2n) is 5.38. The van der Waals surface area contributed by atoms with Gasteiger partial charge in [0.15, 0.2) is 0 Å². The van der Waals surface area contributed by atoms with E-state index < -0.39 is 10.0 Å². The van der Waals surface area contributed by atoms with E-state index in [-0.39, 0.29) is 0 Å². The lowest BCUT2D eigenvalue weighted by Gasteiger charge is -2.06. The van der Waals surface area contributed by atoms with Crippen LogP contribution in [0.1, 0.15) is 39.8 Å². The van der Waals surface area contributed by atoms with E-state index in [4.69, 9.17) is 0 Å². The van der Waals surface area contributed by atoms with Crippen LogP contribution in [0.3, 0.4) is 0 Å². The van der Waals surface area contributed by atoms with E-state index in [2.05, 4.69) is 17.0 Å². The Morgan fingerprint density at radius 2 is 2.00 bits per heavy atom. The lowest BCUT2D eigenvalue weighted by Crippen LogP contribution is -2.27. The molecule has 0 saturated carbocycles. The molecule has 0 unspecified atom stereocenters. The van der Waals surface area contributed by atoms with E-state index in [0.717, 1.165) is 25.2 Å². The zero-order valence-electron chi connectivity index (χ0n) is 12.9. The van der Waals surface area contributed by atoms with E-state index >= 15 is 0 Å². The van der Waals surface area contributed by atoms with Crippen LogP contribution in [0.5, 0.6) is 0 Å². The van der Waals surface area contributed by atoms with E-state index in [1.165, 1.54) is 0 Å². The predicted octanol–water partition coefficient (Wildman–Crippen LogP) is 1.94. The second-order valence-corrected chi connectivity index (χ2v) is 7.14. The lowest BCUT2D eigenvalue weighted by atomic mass is 10.2. The second kappa shape index (κ2) is 7.81. The van der Waals surface area contributed by atoms with Crippen molar-refractivity contribution in [1.82, 2.24) is 14.6 Å². The molecular weight excluding hydrogens is 274 g/mol. The minimum absolute atomic E-state index is 0.295. The molecule has 0 aromatic carbocycles. The Labute approximate surface area is 122 Å². The van der Waals surface area contributed by atoms with Crippen molar-refractivity contribution in [3.8, 4) is 0 Å². The van der Waals surface area contributed by atoms with Crippen molar-refractivity contribution in [1.29, 1.82) is 0 Å². The highest BCUT2D eigenvalue weighted by Gasteiger charge is 2.18. The van der Waals surface area contributed by atoms with Gasteiger partial charge in [-0.3, -0.25) is 0 Å². The summed E-state index contributed by atoms with van der Waals surface area (Å²) in [4.78, 5) is 0.355. The molecule has 1 rings (SSSR count). The fraction of sp³-hybridized carbons (Fsp3) is 0.714. The maximum Gasteiger partial charge on any atom is 0.242 e. The van der Waals surface area contributed by atoms with E-state index in [9.17, 15) is 8.42 Å². The Kier molecular flexibility index (Phi) is 6.71. The summed E-state index contributed by atoms with van der Waals surface area (Å²) in [6.45, 7) is 11.0. The molecule has 20 heavy (non-hydrogen) atoms. The van der Waals surface area contributed by atoms with Gasteiger partial charge in [0.25, 0.3) is 0 Å². The highest BCUT2D eigenvalue weighted by molar-refractivity contribution is 7.89. The summed E-state index contributed by atoms with van der Waals surface area (Å²) in [5.41, 5.74) is 1.01. The number of nitrogens with one attached hydrogen (secondary N) is 2. The van der Waals surface area contributed by atoms with Gasteiger partial charge in [0.1, 0.15) is 0 Å². The van der Waals surface area contributed by atoms with Crippen LogP contribution in [-0.2, 0) is 23.1 Å². The Bertz CT molecular complexity index is 506. The van der Waals surface area contributed by atoms with E-state index in [1.54, 1.807) is 12.3 Å². The molecule has 6 heteroatoms.